The molecule has 3 saturated heterocycles. The Morgan fingerprint density at radius 3 is 1.50 bits per heavy atom. The van der Waals surface area contributed by atoms with Crippen LogP contribution < -0.4 is 4.90 Å². The first kappa shape index (κ1) is 99.9. The number of benzene rings is 1. The van der Waals surface area contributed by atoms with Crippen LogP contribution in [0, 0.1) is 109 Å². The van der Waals surface area contributed by atoms with Crippen LogP contribution in [0.4, 0.5) is 6.01 Å². The normalized spacial score (nSPS) is 23.4. The summed E-state index contributed by atoms with van der Waals surface area (Å²) in [4.78, 5) is 71.9. The van der Waals surface area contributed by atoms with Gasteiger partial charge in [0.05, 0.1) is 5.56 Å². The highest BCUT2D eigenvalue weighted by Gasteiger charge is 2.50. The minimum atomic E-state index is -0.881. The molecule has 4 aliphatic heterocycles. The van der Waals surface area contributed by atoms with Crippen molar-refractivity contribution in [3.8, 4) is 11.6 Å². The molecule has 35 nitrogen and oxygen atoms in total. The van der Waals surface area contributed by atoms with Crippen LogP contribution in [0.3, 0.4) is 0 Å². The van der Waals surface area contributed by atoms with Gasteiger partial charge in [0.25, 0.3) is 5.89 Å². The van der Waals surface area contributed by atoms with Gasteiger partial charge in [0.2, 0.25) is 35.3 Å². The Morgan fingerprint density at radius 2 is 0.978 bits per heavy atom. The molecule has 11 fully saturated rings. The molecule has 3 unspecified atom stereocenters. The summed E-state index contributed by atoms with van der Waals surface area (Å²) < 4.78 is 48.7. The molecule has 10 aromatic heterocycles. The van der Waals surface area contributed by atoms with Crippen molar-refractivity contribution in [1.82, 2.24) is 111 Å². The second-order valence-corrected chi connectivity index (χ2v) is 42.1. The zero-order valence-electron chi connectivity index (χ0n) is 83.5. The topological polar surface area (TPSA) is 432 Å². The molecule has 14 heterocycles. The van der Waals surface area contributed by atoms with E-state index in [1.807, 2.05) is 73.7 Å². The van der Waals surface area contributed by atoms with E-state index in [-0.39, 0.29) is 17.2 Å². The Bertz CT molecular complexity index is 5630. The van der Waals surface area contributed by atoms with E-state index in [1.165, 1.54) is 173 Å². The molecule has 10 aliphatic carbocycles. The second kappa shape index (κ2) is 46.8. The molecule has 1 N–H and O–H groups in total. The zero-order chi connectivity index (χ0) is 96.3. The summed E-state index contributed by atoms with van der Waals surface area (Å²) in [5.41, 5.74) is 6.97. The maximum absolute atomic E-state index is 11.8. The van der Waals surface area contributed by atoms with E-state index in [0.717, 1.165) is 234 Å². The van der Waals surface area contributed by atoms with Gasteiger partial charge in [-0.1, -0.05) is 142 Å². The quantitative estimate of drug-likeness (QED) is 0.106. The third kappa shape index (κ3) is 27.3. The number of aromatic nitrogens is 20. The summed E-state index contributed by atoms with van der Waals surface area (Å²) in [5.74, 6) is 18.6. The number of rotatable bonds is 14. The van der Waals surface area contributed by atoms with Crippen molar-refractivity contribution in [2.75, 3.05) is 44.2 Å². The lowest BCUT2D eigenvalue weighted by Crippen LogP contribution is -2.42. The van der Waals surface area contributed by atoms with Crippen LogP contribution in [-0.4, -0.2) is 167 Å². The Hall–Kier alpha value is -11.1. The van der Waals surface area contributed by atoms with Crippen LogP contribution in [0.2, 0.25) is 0 Å². The first-order valence-corrected chi connectivity index (χ1v) is 51.5. The highest BCUT2D eigenvalue weighted by atomic mass is 16.5. The third-order valence-corrected chi connectivity index (χ3v) is 31.2. The fourth-order valence-corrected chi connectivity index (χ4v) is 22.4. The molecule has 744 valence electrons. The number of carboxylic acid groups (broad SMARTS) is 1. The molecule has 138 heavy (non-hydrogen) atoms. The number of likely N-dealkylation sites (tertiary alicyclic amines) is 2. The minimum absolute atomic E-state index is 0.113. The first-order valence-electron chi connectivity index (χ1n) is 51.5. The molecule has 2 bridgehead atoms. The van der Waals surface area contributed by atoms with Gasteiger partial charge in [0.15, 0.2) is 52.4 Å². The van der Waals surface area contributed by atoms with Crippen molar-refractivity contribution >= 4 is 17.9 Å². The number of hydrogen-bond donors (Lipinski definition) is 1. The smallest absolute Gasteiger partial charge is 0.335 e. The predicted octanol–water partition coefficient (Wildman–Crippen LogP) is 21.2. The lowest BCUT2D eigenvalue weighted by Gasteiger charge is -2.50. The van der Waals surface area contributed by atoms with Crippen LogP contribution in [0.5, 0.6) is 0 Å². The molecule has 11 aromatic rings. The van der Waals surface area contributed by atoms with E-state index in [1.54, 1.807) is 35.1 Å². The van der Waals surface area contributed by atoms with Crippen molar-refractivity contribution in [3.63, 3.8) is 0 Å². The number of anilines is 1. The van der Waals surface area contributed by atoms with Crippen molar-refractivity contribution < 1.29 is 55.4 Å². The molecule has 1 amide bonds. The fraction of sp³-hybridized carbons (Fsp3) is 0.680. The summed E-state index contributed by atoms with van der Waals surface area (Å²) in [5, 5.41) is 43.3. The summed E-state index contributed by atoms with van der Waals surface area (Å²) in [6.07, 6.45) is 54.2. The van der Waals surface area contributed by atoms with Gasteiger partial charge < -0.3 is 60.2 Å². The number of carbonyl (C=O) groups is 2. The van der Waals surface area contributed by atoms with Gasteiger partial charge >= 0.3 is 23.8 Å². The predicted molar refractivity (Wildman–Crippen MR) is 511 cm³/mol. The summed E-state index contributed by atoms with van der Waals surface area (Å²) >= 11 is 0. The number of carboxylic acids is 1. The highest BCUT2D eigenvalue weighted by Crippen LogP contribution is 2.58. The maximum atomic E-state index is 11.8. The van der Waals surface area contributed by atoms with E-state index in [4.69, 9.17) is 45.8 Å². The van der Waals surface area contributed by atoms with Crippen molar-refractivity contribution in [1.29, 1.82) is 0 Å². The zero-order valence-corrected chi connectivity index (χ0v) is 83.5. The van der Waals surface area contributed by atoms with Gasteiger partial charge in [-0.25, -0.2) is 9.78 Å². The number of allylic oxidation sites excluding steroid dienone is 4. The third-order valence-electron chi connectivity index (χ3n) is 31.2. The Labute approximate surface area is 809 Å². The standard InChI is InChI=1S/C17H21N3O3.2C12H18N2O.C12H14N2O.C11H16N2O.C10H12N4O.C10H15N3O2.C10H16N2O.C9H15N3O/c1-12-18-16(23-19-12)10-13-6-8-20(9-7-13)11-14-2-4-15(5-3-14)17(21)22;1-9-13-10(15-14-9)12-6-3-11(2,4-7-12)5-8-12;1-9-13-11(15-14-9)10-3-7-12(8-4-10)5-2-6-12;1-8-13-12(15-14-8)11-6-5-9-3-2-4-10(9)7-11;1-7-12-11(14-13-7)10-5-8-3-2-4-9(8)6-10;1-7-11-10(15-13-7)8-6-14-5-3-2-4-9(14)12-8;1-7-3-5-13(6-4-7)10(14)9-11-8(2)12-15-9;1-8-11-10(13-12-8)7-9-5-3-2-4-6-9;1-7-3-5-12(6-4-7)9-10-8(2)11-13-9/h2-5,13H,6-11H2,1H3,(H,21,22);3-8H2,1-2H3;10H,2-8H2,1H3;2-3,11H,4-7H2,1H3;8-10H,2-6H2,1H3;6H,2-5H2,1H3;7H,3-6H2,1-2H3;9H,2-7H2,1H3;7H,3-6H2,1-2H3. The molecular formula is C103H145N23O12. The number of aryl methyl sites for hydroxylation is 11. The van der Waals surface area contributed by atoms with Gasteiger partial charge in [-0.2, -0.15) is 44.9 Å². The van der Waals surface area contributed by atoms with Crippen LogP contribution in [0.15, 0.2) is 94.5 Å². The second-order valence-electron chi connectivity index (χ2n) is 42.1. The van der Waals surface area contributed by atoms with Crippen LogP contribution in [0.1, 0.15) is 383 Å². The number of amides is 1. The number of carbonyl (C=O) groups excluding carboxylic acids is 1. The fourth-order valence-electron chi connectivity index (χ4n) is 22.4. The van der Waals surface area contributed by atoms with Crippen LogP contribution in [0.25, 0.3) is 11.6 Å². The average Bonchev–Trinajstić information content (AvgIpc) is 1.21. The van der Waals surface area contributed by atoms with Gasteiger partial charge in [-0.05, 0) is 325 Å². The largest absolute Gasteiger partial charge is 0.478 e. The monoisotopic (exact) mass is 1900 g/mol. The summed E-state index contributed by atoms with van der Waals surface area (Å²) in [6.45, 7) is 31.2. The van der Waals surface area contributed by atoms with Gasteiger partial charge in [0.1, 0.15) is 11.5 Å². The molecule has 35 heteroatoms. The number of piperidine rings is 3. The number of fused-ring (bicyclic) bond motifs is 5. The van der Waals surface area contributed by atoms with Crippen LogP contribution in [-0.2, 0) is 37.8 Å². The molecule has 8 saturated carbocycles. The lowest BCUT2D eigenvalue weighted by molar-refractivity contribution is 0.0364. The van der Waals surface area contributed by atoms with Crippen molar-refractivity contribution in [2.24, 2.45) is 46.3 Å². The number of nitrogens with zero attached hydrogens (tertiary/aromatic N) is 23. The Kier molecular flexibility index (Phi) is 33.8. The molecular weight excluding hydrogens is 1750 g/mol. The van der Waals surface area contributed by atoms with E-state index >= 15 is 0 Å². The maximum Gasteiger partial charge on any atom is 0.335 e. The number of aromatic carboxylic acids is 1. The minimum Gasteiger partial charge on any atom is -0.478 e. The Balaban J connectivity index is 0.000000113. The van der Waals surface area contributed by atoms with Crippen molar-refractivity contribution in [2.45, 2.75) is 363 Å². The highest BCUT2D eigenvalue weighted by molar-refractivity contribution is 5.89. The molecule has 0 radical (unpaired) electrons. The van der Waals surface area contributed by atoms with E-state index in [2.05, 4.69) is 144 Å². The van der Waals surface area contributed by atoms with Gasteiger partial charge in [-0.15, -0.1) is 0 Å². The lowest BCUT2D eigenvalue weighted by atomic mass is 9.54. The van der Waals surface area contributed by atoms with Crippen LogP contribution >= 0.6 is 0 Å². The summed E-state index contributed by atoms with van der Waals surface area (Å²) in [6, 6.07) is 7.82. The summed E-state index contributed by atoms with van der Waals surface area (Å²) in [7, 11) is 0. The molecule has 1 aromatic carbocycles. The first-order chi connectivity index (χ1) is 66.7. The van der Waals surface area contributed by atoms with Gasteiger partial charge in [0, 0.05) is 87.9 Å². The Morgan fingerprint density at radius 1 is 0.442 bits per heavy atom. The average molecular weight is 1900 g/mol. The number of hydrogen-bond acceptors (Lipinski definition) is 32. The molecule has 1 spiro atoms. The van der Waals surface area contributed by atoms with Crippen molar-refractivity contribution in [3.05, 3.63) is 164 Å². The number of imidazole rings is 1. The van der Waals surface area contributed by atoms with E-state index in [9.17, 15) is 9.59 Å². The van der Waals surface area contributed by atoms with Gasteiger partial charge in [-0.3, -0.25) is 9.69 Å². The molecule has 14 aliphatic rings. The molecule has 3 atom stereocenters. The van der Waals surface area contributed by atoms with E-state index < -0.39 is 5.97 Å². The van der Waals surface area contributed by atoms with E-state index in [0.29, 0.717) is 75.8 Å². The molecule has 25 rings (SSSR count). The SMILES string of the molecule is Cc1noc(-c2cn3c(n2)CCCC3)n1.Cc1noc(C(=O)N2CCC(C)CC2)n1.Cc1noc(C23CCC(C)(CC2)CC3)n1.Cc1noc(C2CC3CCCC3C2)n1.Cc1noc(C2CCC3(CCC3)CC2)n1.Cc1noc(C2CCC3=C(CC=C3)C2)n1.Cc1noc(CC2CCCCC2)n1.Cc1noc(CC2CCN(Cc3ccc(C(=O)O)cc3)CC2)n1.Cc1noc(N2CCC(C)CC2)n1.